The van der Waals surface area contributed by atoms with Gasteiger partial charge in [0.2, 0.25) is 0 Å². The van der Waals surface area contributed by atoms with Crippen molar-refractivity contribution < 1.29 is 71.8 Å². The van der Waals surface area contributed by atoms with Crippen LogP contribution in [0.15, 0.2) is 0 Å². The molecule has 0 radical (unpaired) electrons. The zero-order chi connectivity index (χ0) is 55.7. The number of rotatable bonds is 53. The van der Waals surface area contributed by atoms with Gasteiger partial charge in [0.25, 0.3) is 0 Å². The number of methoxy groups -OCH3 is 1. The largest absolute Gasteiger partial charge is 0.460 e. The molecular weight excluding hydrogens is 1020 g/mol. The van der Waals surface area contributed by atoms with Gasteiger partial charge in [-0.25, -0.2) is 28.8 Å². The molecule has 440 valence electrons. The first-order valence-corrected chi connectivity index (χ1v) is 31.8. The van der Waals surface area contributed by atoms with Gasteiger partial charge in [-0.2, -0.15) is 35.3 Å². The monoisotopic (exact) mass is 1130 g/mol. The van der Waals surface area contributed by atoms with Crippen LogP contribution in [0.2, 0.25) is 0 Å². The molecule has 0 aliphatic rings. The van der Waals surface area contributed by atoms with E-state index in [9.17, 15) is 33.9 Å². The number of esters is 6. The first-order valence-electron chi connectivity index (χ1n) is 28.3. The average molecular weight is 1130 g/mol. The fourth-order valence-electron chi connectivity index (χ4n) is 7.51. The van der Waals surface area contributed by atoms with Crippen LogP contribution < -0.4 is 5.73 Å². The molecule has 6 unspecified atom stereocenters. The number of nitrogens with two attached hydrogens (primary N) is 1. The summed E-state index contributed by atoms with van der Waals surface area (Å²) in [5.41, 5.74) is 5.56. The first kappa shape index (κ1) is 72.7. The van der Waals surface area contributed by atoms with Gasteiger partial charge in [0.1, 0.15) is 12.7 Å². The van der Waals surface area contributed by atoms with E-state index in [0.29, 0.717) is 56.3 Å². The van der Waals surface area contributed by atoms with E-state index in [2.05, 4.69) is 25.7 Å². The van der Waals surface area contributed by atoms with E-state index >= 15 is 0 Å². The summed E-state index contributed by atoms with van der Waals surface area (Å²) in [5, 5.41) is 9.71. The van der Waals surface area contributed by atoms with E-state index in [1.54, 1.807) is 42.4 Å². The number of carbonyl (C=O) groups is 6. The molecule has 6 atom stereocenters. The number of aliphatic hydroxyl groups is 1. The second-order valence-electron chi connectivity index (χ2n) is 18.8. The van der Waals surface area contributed by atoms with E-state index in [1.807, 2.05) is 0 Å². The van der Waals surface area contributed by atoms with Crippen molar-refractivity contribution >= 4 is 71.1 Å². The maximum atomic E-state index is 13.7. The van der Waals surface area contributed by atoms with Crippen LogP contribution in [0.5, 0.6) is 0 Å². The third kappa shape index (κ3) is 41.4. The lowest BCUT2D eigenvalue weighted by atomic mass is 10.0. The van der Waals surface area contributed by atoms with Crippen molar-refractivity contribution in [1.82, 2.24) is 4.90 Å². The Morgan fingerprint density at radius 2 is 0.840 bits per heavy atom. The minimum absolute atomic E-state index is 0.0267. The van der Waals surface area contributed by atoms with Crippen molar-refractivity contribution in [2.75, 3.05) is 94.2 Å². The Morgan fingerprint density at radius 3 is 1.27 bits per heavy atom. The molecule has 0 aliphatic carbocycles. The van der Waals surface area contributed by atoms with Gasteiger partial charge in [-0.3, -0.25) is 0 Å². The van der Waals surface area contributed by atoms with Crippen molar-refractivity contribution in [2.24, 2.45) is 5.73 Å². The fraction of sp³-hybridized carbons (Fsp3) is 0.891. The van der Waals surface area contributed by atoms with Gasteiger partial charge in [0.05, 0.1) is 19.8 Å². The highest BCUT2D eigenvalue weighted by molar-refractivity contribution is 7.99. The van der Waals surface area contributed by atoms with E-state index in [1.165, 1.54) is 117 Å². The predicted octanol–water partition coefficient (Wildman–Crippen LogP) is 9.27. The number of ether oxygens (including phenoxy) is 8. The fourth-order valence-corrected chi connectivity index (χ4v) is 10.2. The number of thioether (sulfide) groups is 3. The number of hydrogen-bond donors (Lipinski definition) is 2. The quantitative estimate of drug-likeness (QED) is 0.0329. The summed E-state index contributed by atoms with van der Waals surface area (Å²) in [6.07, 6.45) is 14.1. The third-order valence-electron chi connectivity index (χ3n) is 12.2. The summed E-state index contributed by atoms with van der Waals surface area (Å²) in [6.45, 7) is 14.2. The van der Waals surface area contributed by atoms with Crippen molar-refractivity contribution in [2.45, 2.75) is 219 Å². The number of hydrogen-bond acceptors (Lipinski definition) is 20. The van der Waals surface area contributed by atoms with E-state index in [-0.39, 0.29) is 32.5 Å². The summed E-state index contributed by atoms with van der Waals surface area (Å²) in [4.78, 5) is 81.6. The van der Waals surface area contributed by atoms with Gasteiger partial charge in [-0.15, -0.1) is 0 Å². The molecule has 0 fully saturated rings. The molecule has 0 heterocycles. The Kier molecular flexibility index (Phi) is 49.5. The summed E-state index contributed by atoms with van der Waals surface area (Å²) < 4.78 is 43.1. The Balaban J connectivity index is 5.49. The van der Waals surface area contributed by atoms with Crippen molar-refractivity contribution in [3.63, 3.8) is 0 Å². The highest BCUT2D eigenvalue weighted by Crippen LogP contribution is 2.19. The van der Waals surface area contributed by atoms with Crippen LogP contribution in [0, 0.1) is 0 Å². The zero-order valence-electron chi connectivity index (χ0n) is 47.3. The lowest BCUT2D eigenvalue weighted by Gasteiger charge is -2.23. The summed E-state index contributed by atoms with van der Waals surface area (Å²) in [7, 11) is 1.55. The molecule has 0 bridgehead atoms. The number of carbonyl (C=O) groups excluding carboxylic acids is 6. The molecule has 0 aromatic heterocycles. The molecule has 0 saturated heterocycles. The van der Waals surface area contributed by atoms with Gasteiger partial charge in [-0.05, 0) is 102 Å². The number of unbranched alkanes of at least 4 members (excludes halogenated alkanes) is 15. The third-order valence-corrected chi connectivity index (χ3v) is 15.5. The van der Waals surface area contributed by atoms with Crippen LogP contribution in [-0.4, -0.2) is 177 Å². The second-order valence-corrected chi connectivity index (χ2v) is 22.4. The maximum absolute atomic E-state index is 13.7. The molecule has 0 aromatic carbocycles. The normalized spacial score (nSPS) is 13.8. The van der Waals surface area contributed by atoms with Gasteiger partial charge >= 0.3 is 35.8 Å². The standard InChI is InChI=1S/C55H102N2O15S3/c1-8-11-12-13-14-15-16-17-18-19-20-21-22-23-24-25-38-73-39-26-29-47(53(62)67-37-36-66-35-34-65-7)71-51(60)45(5)69-55(64)49(31-28-41-75-43-33-57(9-2)10-3)72-52(61)46(6)68-54(63)48(70-50(59)44(4)58)30-27-40-74-42-32-56/h44-49,58H,8-43,56H2,1-7H3. The summed E-state index contributed by atoms with van der Waals surface area (Å²) in [6, 6.07) is 0. The Morgan fingerprint density at radius 1 is 0.453 bits per heavy atom. The molecule has 0 saturated carbocycles. The van der Waals surface area contributed by atoms with Crippen molar-refractivity contribution in [3.8, 4) is 0 Å². The minimum Gasteiger partial charge on any atom is -0.460 e. The molecule has 0 amide bonds. The SMILES string of the molecule is CCCCCCCCCCCCCCCCCCSCCCC(OC(=O)C(C)OC(=O)C(CCCSCCN(CC)CC)OC(=O)C(C)OC(=O)C(CCCSCCN)OC(=O)C(C)O)C(=O)OCCOCCOC. The topological polar surface area (TPSA) is 226 Å². The molecule has 0 spiro atoms. The predicted molar refractivity (Wildman–Crippen MR) is 302 cm³/mol. The van der Waals surface area contributed by atoms with Crippen LogP contribution in [-0.2, 0) is 66.7 Å². The van der Waals surface area contributed by atoms with Crippen LogP contribution in [0.3, 0.4) is 0 Å². The smallest absolute Gasteiger partial charge is 0.348 e. The Labute approximate surface area is 465 Å². The van der Waals surface area contributed by atoms with Crippen molar-refractivity contribution in [3.05, 3.63) is 0 Å². The molecule has 0 aliphatic heterocycles. The molecule has 17 nitrogen and oxygen atoms in total. The molecule has 75 heavy (non-hydrogen) atoms. The first-order chi connectivity index (χ1) is 36.2. The average Bonchev–Trinajstić information content (AvgIpc) is 3.39. The number of aliphatic hydroxyl groups excluding tert-OH is 1. The molecule has 3 N–H and O–H groups in total. The highest BCUT2D eigenvalue weighted by Gasteiger charge is 2.35. The van der Waals surface area contributed by atoms with Crippen LogP contribution >= 0.6 is 35.3 Å². The molecular formula is C55H102N2O15S3. The maximum Gasteiger partial charge on any atom is 0.348 e. The summed E-state index contributed by atoms with van der Waals surface area (Å²) >= 11 is 5.02. The van der Waals surface area contributed by atoms with Crippen LogP contribution in [0.4, 0.5) is 0 Å². The second kappa shape index (κ2) is 51.1. The highest BCUT2D eigenvalue weighted by atomic mass is 32.2. The zero-order valence-corrected chi connectivity index (χ0v) is 49.8. The lowest BCUT2D eigenvalue weighted by Crippen LogP contribution is -2.40. The number of nitrogens with zero attached hydrogens (tertiary/aromatic N) is 1. The summed E-state index contributed by atoms with van der Waals surface area (Å²) in [5.74, 6) is -1.36. The Hall–Kier alpha value is -2.33. The van der Waals surface area contributed by atoms with Gasteiger partial charge < -0.3 is 53.6 Å². The lowest BCUT2D eigenvalue weighted by molar-refractivity contribution is -0.189. The van der Waals surface area contributed by atoms with Crippen LogP contribution in [0.25, 0.3) is 0 Å². The van der Waals surface area contributed by atoms with Gasteiger partial charge in [0, 0.05) is 31.7 Å². The minimum atomic E-state index is -1.54. The molecule has 0 rings (SSSR count). The van der Waals surface area contributed by atoms with Crippen molar-refractivity contribution in [1.29, 1.82) is 0 Å². The van der Waals surface area contributed by atoms with Gasteiger partial charge in [0.15, 0.2) is 30.5 Å². The van der Waals surface area contributed by atoms with Gasteiger partial charge in [-0.1, -0.05) is 117 Å². The van der Waals surface area contributed by atoms with E-state index < -0.39 is 72.4 Å². The van der Waals surface area contributed by atoms with E-state index in [4.69, 9.17) is 43.6 Å². The van der Waals surface area contributed by atoms with Crippen LogP contribution in [0.1, 0.15) is 183 Å². The molecule has 0 aromatic rings. The van der Waals surface area contributed by atoms with E-state index in [0.717, 1.165) is 43.3 Å². The molecule has 20 heteroatoms. The Bertz CT molecular complexity index is 1450.